The Labute approximate surface area is 125 Å². The Hall–Kier alpha value is -1.93. The molecule has 5 heteroatoms. The van der Waals surface area contributed by atoms with Gasteiger partial charge in [-0.25, -0.2) is 0 Å². The first kappa shape index (κ1) is 15.5. The van der Waals surface area contributed by atoms with Crippen molar-refractivity contribution in [2.45, 2.75) is 45.3 Å². The maximum Gasteiger partial charge on any atom is 0.231 e. The molecule has 0 aromatic heterocycles. The van der Waals surface area contributed by atoms with Gasteiger partial charge in [-0.15, -0.1) is 0 Å². The molecule has 1 N–H and O–H groups in total. The van der Waals surface area contributed by atoms with E-state index in [1.807, 2.05) is 32.0 Å². The lowest BCUT2D eigenvalue weighted by Crippen LogP contribution is -2.44. The molecule has 0 spiro atoms. The van der Waals surface area contributed by atoms with Gasteiger partial charge in [0.2, 0.25) is 6.79 Å². The molecule has 2 atom stereocenters. The third-order valence-corrected chi connectivity index (χ3v) is 3.39. The molecule has 0 saturated heterocycles. The lowest BCUT2D eigenvalue weighted by molar-refractivity contribution is 0.171. The van der Waals surface area contributed by atoms with Gasteiger partial charge < -0.3 is 14.2 Å². The number of nitriles is 1. The molecule has 1 aromatic rings. The predicted molar refractivity (Wildman–Crippen MR) is 79.6 cm³/mol. The highest BCUT2D eigenvalue weighted by atomic mass is 16.7. The zero-order chi connectivity index (χ0) is 15.3. The zero-order valence-corrected chi connectivity index (χ0v) is 12.8. The number of nitrogens with zero attached hydrogens (tertiary/aromatic N) is 1. The largest absolute Gasteiger partial charge is 0.490 e. The molecule has 0 radical (unpaired) electrons. The lowest BCUT2D eigenvalue weighted by atomic mass is 9.96. The lowest BCUT2D eigenvalue weighted by Gasteiger charge is -2.27. The van der Waals surface area contributed by atoms with Gasteiger partial charge in [0.05, 0.1) is 12.2 Å². The highest BCUT2D eigenvalue weighted by Gasteiger charge is 2.26. The third kappa shape index (κ3) is 4.02. The van der Waals surface area contributed by atoms with Crippen molar-refractivity contribution in [2.24, 2.45) is 0 Å². The zero-order valence-electron chi connectivity index (χ0n) is 12.8. The van der Waals surface area contributed by atoms with Gasteiger partial charge in [-0.1, -0.05) is 6.92 Å². The smallest absolute Gasteiger partial charge is 0.231 e. The number of nitrogens with one attached hydrogen (secondary N) is 1. The summed E-state index contributed by atoms with van der Waals surface area (Å²) in [5, 5.41) is 12.6. The Morgan fingerprint density at radius 2 is 2.19 bits per heavy atom. The van der Waals surface area contributed by atoms with Crippen molar-refractivity contribution in [1.29, 1.82) is 5.26 Å². The first-order chi connectivity index (χ1) is 10.1. The number of ether oxygens (including phenoxy) is 3. The first-order valence-corrected chi connectivity index (χ1v) is 7.29. The van der Waals surface area contributed by atoms with Crippen LogP contribution in [0.25, 0.3) is 0 Å². The maximum absolute atomic E-state index is 9.35. The Kier molecular flexibility index (Phi) is 4.92. The summed E-state index contributed by atoms with van der Waals surface area (Å²) in [7, 11) is 0. The van der Waals surface area contributed by atoms with Crippen LogP contribution in [0.4, 0.5) is 0 Å². The average molecular weight is 290 g/mol. The van der Waals surface area contributed by atoms with Crippen molar-refractivity contribution in [2.75, 3.05) is 13.3 Å². The molecule has 0 saturated carbocycles. The summed E-state index contributed by atoms with van der Waals surface area (Å²) in [5.74, 6) is 2.16. The van der Waals surface area contributed by atoms with E-state index >= 15 is 0 Å². The minimum atomic E-state index is -0.578. The van der Waals surface area contributed by atoms with Crippen LogP contribution in [0.3, 0.4) is 0 Å². The molecule has 21 heavy (non-hydrogen) atoms. The van der Waals surface area contributed by atoms with Gasteiger partial charge in [0, 0.05) is 12.5 Å². The van der Waals surface area contributed by atoms with Gasteiger partial charge in [-0.05, 0) is 38.9 Å². The molecule has 1 aromatic carbocycles. The topological polar surface area (TPSA) is 63.5 Å². The molecule has 0 fully saturated rings. The van der Waals surface area contributed by atoms with Crippen molar-refractivity contribution in [3.05, 3.63) is 18.2 Å². The molecule has 0 bridgehead atoms. The second-order valence-corrected chi connectivity index (χ2v) is 5.52. The number of hydrogen-bond acceptors (Lipinski definition) is 5. The van der Waals surface area contributed by atoms with Crippen LogP contribution < -0.4 is 19.5 Å². The normalized spacial score (nSPS) is 16.9. The van der Waals surface area contributed by atoms with Crippen molar-refractivity contribution in [1.82, 2.24) is 5.32 Å². The standard InChI is InChI=1S/C16H22N2O3/c1-4-7-18-16(3,10-17)9-12(2)21-13-5-6-14-15(8-13)20-11-19-14/h5-6,8,12,18H,4,7,9,11H2,1-3H3. The molecule has 1 aliphatic rings. The minimum absolute atomic E-state index is 0.0839. The van der Waals surface area contributed by atoms with Gasteiger partial charge in [-0.2, -0.15) is 5.26 Å². The van der Waals surface area contributed by atoms with Crippen molar-refractivity contribution in [3.8, 4) is 23.3 Å². The molecule has 1 aliphatic heterocycles. The minimum Gasteiger partial charge on any atom is -0.490 e. The van der Waals surface area contributed by atoms with Crippen LogP contribution in [0.1, 0.15) is 33.6 Å². The summed E-state index contributed by atoms with van der Waals surface area (Å²) in [4.78, 5) is 0. The molecule has 114 valence electrons. The van der Waals surface area contributed by atoms with E-state index in [0.717, 1.165) is 24.5 Å². The third-order valence-electron chi connectivity index (χ3n) is 3.39. The maximum atomic E-state index is 9.35. The number of benzene rings is 1. The summed E-state index contributed by atoms with van der Waals surface area (Å²) in [6.45, 7) is 7.02. The molecule has 2 rings (SSSR count). The van der Waals surface area contributed by atoms with Crippen molar-refractivity contribution >= 4 is 0 Å². The fraction of sp³-hybridized carbons (Fsp3) is 0.562. The van der Waals surface area contributed by atoms with Gasteiger partial charge in [0.1, 0.15) is 11.3 Å². The predicted octanol–water partition coefficient (Wildman–Crippen LogP) is 2.85. The van der Waals surface area contributed by atoms with Crippen LogP contribution in [0, 0.1) is 11.3 Å². The second kappa shape index (κ2) is 6.68. The number of fused-ring (bicyclic) bond motifs is 1. The van der Waals surface area contributed by atoms with Crippen molar-refractivity contribution in [3.63, 3.8) is 0 Å². The van der Waals surface area contributed by atoms with Crippen LogP contribution in [-0.2, 0) is 0 Å². The Morgan fingerprint density at radius 3 is 2.90 bits per heavy atom. The van der Waals surface area contributed by atoms with Crippen LogP contribution in [0.5, 0.6) is 17.2 Å². The quantitative estimate of drug-likeness (QED) is 0.836. The molecule has 1 heterocycles. The summed E-state index contributed by atoms with van der Waals surface area (Å²) in [6.07, 6.45) is 1.52. The SMILES string of the molecule is CCCNC(C)(C#N)CC(C)Oc1ccc2c(c1)OCO2. The van der Waals surface area contributed by atoms with Gasteiger partial charge in [0.15, 0.2) is 11.5 Å². The summed E-state index contributed by atoms with van der Waals surface area (Å²) >= 11 is 0. The fourth-order valence-corrected chi connectivity index (χ4v) is 2.36. The molecule has 5 nitrogen and oxygen atoms in total. The Bertz CT molecular complexity index is 527. The van der Waals surface area contributed by atoms with Gasteiger partial charge in [-0.3, -0.25) is 5.32 Å². The number of rotatable bonds is 7. The highest BCUT2D eigenvalue weighted by molar-refractivity contribution is 5.46. The fourth-order valence-electron chi connectivity index (χ4n) is 2.36. The first-order valence-electron chi connectivity index (χ1n) is 7.29. The molecule has 2 unspecified atom stereocenters. The van der Waals surface area contributed by atoms with E-state index in [9.17, 15) is 5.26 Å². The second-order valence-electron chi connectivity index (χ2n) is 5.52. The van der Waals surface area contributed by atoms with Crippen molar-refractivity contribution < 1.29 is 14.2 Å². The molecule has 0 aliphatic carbocycles. The van der Waals surface area contributed by atoms with Crippen LogP contribution in [-0.4, -0.2) is 25.0 Å². The summed E-state index contributed by atoms with van der Waals surface area (Å²) in [5.41, 5.74) is -0.578. The average Bonchev–Trinajstić information content (AvgIpc) is 2.92. The van der Waals surface area contributed by atoms with E-state index in [2.05, 4.69) is 18.3 Å². The summed E-state index contributed by atoms with van der Waals surface area (Å²) < 4.78 is 16.5. The van der Waals surface area contributed by atoms with Gasteiger partial charge in [0.25, 0.3) is 0 Å². The van der Waals surface area contributed by atoms with Crippen LogP contribution in [0.2, 0.25) is 0 Å². The van der Waals surface area contributed by atoms with Crippen LogP contribution in [0.15, 0.2) is 18.2 Å². The Morgan fingerprint density at radius 1 is 1.43 bits per heavy atom. The molecular formula is C16H22N2O3. The van der Waals surface area contributed by atoms with Gasteiger partial charge >= 0.3 is 0 Å². The van der Waals surface area contributed by atoms with Crippen LogP contribution >= 0.6 is 0 Å². The Balaban J connectivity index is 1.95. The van der Waals surface area contributed by atoms with E-state index in [1.54, 1.807) is 0 Å². The monoisotopic (exact) mass is 290 g/mol. The summed E-state index contributed by atoms with van der Waals surface area (Å²) in [6, 6.07) is 7.85. The van der Waals surface area contributed by atoms with E-state index in [-0.39, 0.29) is 12.9 Å². The van der Waals surface area contributed by atoms with E-state index in [1.165, 1.54) is 0 Å². The number of hydrogen-bond donors (Lipinski definition) is 1. The molecule has 0 amide bonds. The van der Waals surface area contributed by atoms with E-state index < -0.39 is 5.54 Å². The van der Waals surface area contributed by atoms with E-state index in [0.29, 0.717) is 12.2 Å². The van der Waals surface area contributed by atoms with E-state index in [4.69, 9.17) is 14.2 Å². The molecular weight excluding hydrogens is 268 g/mol. The highest BCUT2D eigenvalue weighted by Crippen LogP contribution is 2.35.